The lowest BCUT2D eigenvalue weighted by Crippen LogP contribution is -2.43. The normalized spacial score (nSPS) is 30.6. The summed E-state index contributed by atoms with van der Waals surface area (Å²) in [5, 5.41) is 10.6. The molecule has 2 aliphatic heterocycles. The lowest BCUT2D eigenvalue weighted by atomic mass is 9.81. The van der Waals surface area contributed by atoms with E-state index >= 15 is 0 Å². The maximum Gasteiger partial charge on any atom is 0.228 e. The molecule has 4 rings (SSSR count). The molecule has 3 aliphatic rings. The van der Waals surface area contributed by atoms with Crippen molar-refractivity contribution in [1.82, 2.24) is 9.80 Å². The number of nitrogens with zero attached hydrogens (tertiary/aromatic N) is 2. The van der Waals surface area contributed by atoms with E-state index in [4.69, 9.17) is 0 Å². The van der Waals surface area contributed by atoms with Gasteiger partial charge in [-0.25, -0.2) is 0 Å². The molecule has 4 heteroatoms. The molecular formula is C22H32N2O2. The van der Waals surface area contributed by atoms with Crippen LogP contribution < -0.4 is 0 Å². The number of likely N-dealkylation sites (tertiary alicyclic amines) is 2. The molecule has 1 aromatic rings. The first-order valence-electron chi connectivity index (χ1n) is 10.5. The number of piperidine rings is 1. The third-order valence-corrected chi connectivity index (χ3v) is 6.84. The fraction of sp³-hybridized carbons (Fsp3) is 0.682. The van der Waals surface area contributed by atoms with Gasteiger partial charge in [-0.05, 0) is 56.7 Å². The van der Waals surface area contributed by atoms with Crippen LogP contribution in [0.4, 0.5) is 0 Å². The molecule has 1 aromatic carbocycles. The largest absolute Gasteiger partial charge is 0.373 e. The SMILES string of the molecule is O=C1C2CCCC[C@@H]2[C@@H](O)N1CC1CCN(CCc2ccccc2)CC1. The molecule has 26 heavy (non-hydrogen) atoms. The Balaban J connectivity index is 1.24. The van der Waals surface area contributed by atoms with Crippen LogP contribution in [0.15, 0.2) is 30.3 Å². The standard InChI is InChI=1S/C22H32N2O2/c25-21-19-8-4-5-9-20(19)22(26)24(21)16-18-11-14-23(15-12-18)13-10-17-6-2-1-3-7-17/h1-3,6-7,18-21,25H,4-5,8-16H2/t19-,20?,21+/m0/s1. The number of rotatable bonds is 5. The first-order chi connectivity index (χ1) is 12.7. The van der Waals surface area contributed by atoms with Crippen LogP contribution in [-0.4, -0.2) is 53.2 Å². The summed E-state index contributed by atoms with van der Waals surface area (Å²) < 4.78 is 0. The molecule has 3 fully saturated rings. The maximum atomic E-state index is 12.7. The molecule has 0 spiro atoms. The first kappa shape index (κ1) is 18.0. The van der Waals surface area contributed by atoms with Gasteiger partial charge in [0.05, 0.1) is 0 Å². The number of benzene rings is 1. The van der Waals surface area contributed by atoms with Gasteiger partial charge in [-0.3, -0.25) is 4.79 Å². The Kier molecular flexibility index (Phi) is 5.60. The summed E-state index contributed by atoms with van der Waals surface area (Å²) in [6, 6.07) is 10.7. The Morgan fingerprint density at radius 1 is 1.00 bits per heavy atom. The Morgan fingerprint density at radius 2 is 1.73 bits per heavy atom. The van der Waals surface area contributed by atoms with Crippen molar-refractivity contribution in [2.45, 2.75) is 51.2 Å². The van der Waals surface area contributed by atoms with Crippen molar-refractivity contribution in [1.29, 1.82) is 0 Å². The van der Waals surface area contributed by atoms with Crippen LogP contribution in [0, 0.1) is 17.8 Å². The number of carbonyl (C=O) groups is 1. The van der Waals surface area contributed by atoms with Crippen LogP contribution in [0.25, 0.3) is 0 Å². The van der Waals surface area contributed by atoms with E-state index in [-0.39, 0.29) is 17.7 Å². The summed E-state index contributed by atoms with van der Waals surface area (Å²) in [5.74, 6) is 1.07. The average Bonchev–Trinajstić information content (AvgIpc) is 2.93. The number of carbonyl (C=O) groups excluding carboxylic acids is 1. The van der Waals surface area contributed by atoms with Gasteiger partial charge < -0.3 is 14.9 Å². The predicted octanol–water partition coefficient (Wildman–Crippen LogP) is 2.91. The van der Waals surface area contributed by atoms with E-state index in [9.17, 15) is 9.90 Å². The van der Waals surface area contributed by atoms with E-state index in [1.807, 2.05) is 4.90 Å². The molecule has 1 aliphatic carbocycles. The molecule has 3 atom stereocenters. The number of hydrogen-bond donors (Lipinski definition) is 1. The van der Waals surface area contributed by atoms with Gasteiger partial charge in [0.15, 0.2) is 0 Å². The van der Waals surface area contributed by atoms with Crippen LogP contribution in [-0.2, 0) is 11.2 Å². The summed E-state index contributed by atoms with van der Waals surface area (Å²) >= 11 is 0. The molecule has 2 saturated heterocycles. The zero-order valence-corrected chi connectivity index (χ0v) is 15.7. The summed E-state index contributed by atoms with van der Waals surface area (Å²) in [7, 11) is 0. The van der Waals surface area contributed by atoms with Crippen molar-refractivity contribution < 1.29 is 9.90 Å². The van der Waals surface area contributed by atoms with Crippen LogP contribution in [0.2, 0.25) is 0 Å². The maximum absolute atomic E-state index is 12.7. The van der Waals surface area contributed by atoms with Gasteiger partial charge in [0.1, 0.15) is 6.23 Å². The second-order valence-electron chi connectivity index (χ2n) is 8.48. The summed E-state index contributed by atoms with van der Waals surface area (Å²) in [6.07, 6.45) is 7.18. The minimum absolute atomic E-state index is 0.102. The van der Waals surface area contributed by atoms with Gasteiger partial charge in [0, 0.05) is 24.9 Å². The van der Waals surface area contributed by atoms with Crippen molar-refractivity contribution in [2.24, 2.45) is 17.8 Å². The van der Waals surface area contributed by atoms with Crippen molar-refractivity contribution in [2.75, 3.05) is 26.2 Å². The minimum Gasteiger partial charge on any atom is -0.373 e. The van der Waals surface area contributed by atoms with E-state index in [1.165, 1.54) is 12.0 Å². The molecule has 1 unspecified atom stereocenters. The van der Waals surface area contributed by atoms with Crippen molar-refractivity contribution in [3.8, 4) is 0 Å². The third-order valence-electron chi connectivity index (χ3n) is 6.84. The minimum atomic E-state index is -0.524. The second-order valence-corrected chi connectivity index (χ2v) is 8.48. The van der Waals surface area contributed by atoms with Gasteiger partial charge in [-0.15, -0.1) is 0 Å². The molecule has 142 valence electrons. The lowest BCUT2D eigenvalue weighted by Gasteiger charge is -2.35. The third kappa shape index (κ3) is 3.81. The first-order valence-corrected chi connectivity index (χ1v) is 10.5. The number of fused-ring (bicyclic) bond motifs is 1. The van der Waals surface area contributed by atoms with Crippen LogP contribution in [0.5, 0.6) is 0 Å². The monoisotopic (exact) mass is 356 g/mol. The second kappa shape index (κ2) is 8.10. The van der Waals surface area contributed by atoms with E-state index in [2.05, 4.69) is 35.2 Å². The highest BCUT2D eigenvalue weighted by Crippen LogP contribution is 2.41. The number of aliphatic hydroxyl groups is 1. The Bertz CT molecular complexity index is 597. The zero-order valence-electron chi connectivity index (χ0n) is 15.7. The Morgan fingerprint density at radius 3 is 2.46 bits per heavy atom. The molecular weight excluding hydrogens is 324 g/mol. The number of amides is 1. The number of aliphatic hydroxyl groups excluding tert-OH is 1. The average molecular weight is 357 g/mol. The molecule has 2 heterocycles. The van der Waals surface area contributed by atoms with Crippen LogP contribution in [0.3, 0.4) is 0 Å². The smallest absolute Gasteiger partial charge is 0.228 e. The lowest BCUT2D eigenvalue weighted by molar-refractivity contribution is -0.137. The molecule has 0 aromatic heterocycles. The molecule has 0 bridgehead atoms. The van der Waals surface area contributed by atoms with Gasteiger partial charge in [-0.1, -0.05) is 43.2 Å². The summed E-state index contributed by atoms with van der Waals surface area (Å²) in [4.78, 5) is 17.1. The van der Waals surface area contributed by atoms with E-state index in [1.54, 1.807) is 0 Å². The fourth-order valence-electron chi connectivity index (χ4n) is 5.20. The highest BCUT2D eigenvalue weighted by atomic mass is 16.3. The molecule has 1 saturated carbocycles. The number of hydrogen-bond acceptors (Lipinski definition) is 3. The van der Waals surface area contributed by atoms with Crippen molar-refractivity contribution in [3.05, 3.63) is 35.9 Å². The van der Waals surface area contributed by atoms with Crippen molar-refractivity contribution in [3.63, 3.8) is 0 Å². The zero-order chi connectivity index (χ0) is 17.9. The highest BCUT2D eigenvalue weighted by Gasteiger charge is 2.48. The molecule has 1 amide bonds. The van der Waals surface area contributed by atoms with Gasteiger partial charge >= 0.3 is 0 Å². The highest BCUT2D eigenvalue weighted by molar-refractivity contribution is 5.81. The quantitative estimate of drug-likeness (QED) is 0.882. The predicted molar refractivity (Wildman–Crippen MR) is 102 cm³/mol. The molecule has 0 radical (unpaired) electrons. The molecule has 1 N–H and O–H groups in total. The van der Waals surface area contributed by atoms with E-state index in [0.717, 1.165) is 64.7 Å². The van der Waals surface area contributed by atoms with E-state index < -0.39 is 6.23 Å². The van der Waals surface area contributed by atoms with Crippen LogP contribution in [0.1, 0.15) is 44.1 Å². The fourth-order valence-corrected chi connectivity index (χ4v) is 5.20. The van der Waals surface area contributed by atoms with Gasteiger partial charge in [0.25, 0.3) is 0 Å². The van der Waals surface area contributed by atoms with E-state index in [0.29, 0.717) is 5.92 Å². The Labute approximate surface area is 157 Å². The summed E-state index contributed by atoms with van der Waals surface area (Å²) in [5.41, 5.74) is 1.41. The van der Waals surface area contributed by atoms with Crippen molar-refractivity contribution >= 4 is 5.91 Å². The van der Waals surface area contributed by atoms with Crippen LogP contribution >= 0.6 is 0 Å². The van der Waals surface area contributed by atoms with Gasteiger partial charge in [-0.2, -0.15) is 0 Å². The Hall–Kier alpha value is -1.39. The van der Waals surface area contributed by atoms with Gasteiger partial charge in [0.2, 0.25) is 5.91 Å². The summed E-state index contributed by atoms with van der Waals surface area (Å²) in [6.45, 7) is 4.11. The molecule has 4 nitrogen and oxygen atoms in total. The topological polar surface area (TPSA) is 43.8 Å².